The summed E-state index contributed by atoms with van der Waals surface area (Å²) in [6.07, 6.45) is 0.295. The number of ketones is 5. The number of fused-ring (bicyclic) bond motifs is 2. The molecule has 0 saturated heterocycles. The summed E-state index contributed by atoms with van der Waals surface area (Å²) in [4.78, 5) is 71.0. The van der Waals surface area contributed by atoms with Gasteiger partial charge in [-0.25, -0.2) is 0 Å². The van der Waals surface area contributed by atoms with Crippen LogP contribution in [0, 0.1) is 11.8 Å². The molecule has 2 aliphatic rings. The van der Waals surface area contributed by atoms with Crippen molar-refractivity contribution in [2.24, 2.45) is 11.8 Å². The van der Waals surface area contributed by atoms with Gasteiger partial charge in [-0.15, -0.1) is 0 Å². The highest BCUT2D eigenvalue weighted by Gasteiger charge is 2.46. The van der Waals surface area contributed by atoms with E-state index in [1.807, 2.05) is 13.8 Å². The highest BCUT2D eigenvalue weighted by atomic mass is 16.2. The van der Waals surface area contributed by atoms with Crippen LogP contribution in [-0.4, -0.2) is 35.2 Å². The first kappa shape index (κ1) is 17.6. The molecule has 0 aliphatic heterocycles. The quantitative estimate of drug-likeness (QED) is 0.620. The van der Waals surface area contributed by atoms with Gasteiger partial charge in [0, 0.05) is 28.7 Å². The largest absolute Gasteiger partial charge is 0.302 e. The van der Waals surface area contributed by atoms with E-state index in [-0.39, 0.29) is 35.0 Å². The molecule has 0 amide bonds. The predicted octanol–water partition coefficient (Wildman–Crippen LogP) is 1.88. The van der Waals surface area contributed by atoms with Crippen molar-refractivity contribution in [2.75, 3.05) is 0 Å². The maximum absolute atomic E-state index is 12.2. The lowest BCUT2D eigenvalue weighted by atomic mass is 9.97. The summed E-state index contributed by atoms with van der Waals surface area (Å²) in [6, 6.07) is 2.33. The molecule has 2 aliphatic carbocycles. The Morgan fingerprint density at radius 2 is 1.25 bits per heavy atom. The molecule has 6 nitrogen and oxygen atoms in total. The Kier molecular flexibility index (Phi) is 4.68. The van der Waals surface area contributed by atoms with Crippen molar-refractivity contribution < 1.29 is 28.8 Å². The monoisotopic (exact) mass is 328 g/mol. The molecule has 0 spiro atoms. The zero-order chi connectivity index (χ0) is 18.2. The number of carbonyl (C=O) groups excluding carboxylic acids is 6. The molecule has 0 heterocycles. The summed E-state index contributed by atoms with van der Waals surface area (Å²) in [7, 11) is 0. The standard InChI is InChI=1S/C16H10O6.C2H6/c1-2-11(18)12-15(21)8-3-6-7(4-9(8)16(12)22)14(20)10(5-17)13(6)19;1-2/h3-5,10,12H,2H2,1H3;1-2H3. The number of benzene rings is 1. The van der Waals surface area contributed by atoms with Gasteiger partial charge in [-0.2, -0.15) is 0 Å². The number of Topliss-reactive ketones (excluding diaryl/α,β-unsaturated/α-hetero) is 5. The van der Waals surface area contributed by atoms with Crippen molar-refractivity contribution in [3.8, 4) is 0 Å². The van der Waals surface area contributed by atoms with Gasteiger partial charge < -0.3 is 4.79 Å². The van der Waals surface area contributed by atoms with Crippen molar-refractivity contribution in [3.63, 3.8) is 0 Å². The maximum atomic E-state index is 12.2. The van der Waals surface area contributed by atoms with Crippen molar-refractivity contribution >= 4 is 35.2 Å². The van der Waals surface area contributed by atoms with Crippen LogP contribution in [0.4, 0.5) is 0 Å². The summed E-state index contributed by atoms with van der Waals surface area (Å²) < 4.78 is 0. The zero-order valence-electron chi connectivity index (χ0n) is 13.5. The average molecular weight is 328 g/mol. The van der Waals surface area contributed by atoms with E-state index >= 15 is 0 Å². The lowest BCUT2D eigenvalue weighted by Gasteiger charge is -2.02. The summed E-state index contributed by atoms with van der Waals surface area (Å²) >= 11 is 0. The SMILES string of the molecule is CC.CCC(=O)C1C(=O)c2cc3c(cc2C1=O)C(=O)C(C=O)C3=O. The fourth-order valence-corrected chi connectivity index (χ4v) is 2.92. The summed E-state index contributed by atoms with van der Waals surface area (Å²) in [6.45, 7) is 5.55. The first-order valence-corrected chi connectivity index (χ1v) is 7.75. The van der Waals surface area contributed by atoms with Crippen LogP contribution in [0.5, 0.6) is 0 Å². The second kappa shape index (κ2) is 6.39. The smallest absolute Gasteiger partial charge is 0.181 e. The van der Waals surface area contributed by atoms with E-state index in [9.17, 15) is 28.8 Å². The van der Waals surface area contributed by atoms with Gasteiger partial charge in [-0.3, -0.25) is 24.0 Å². The molecule has 0 N–H and O–H groups in total. The van der Waals surface area contributed by atoms with Crippen molar-refractivity contribution in [1.29, 1.82) is 0 Å². The van der Waals surface area contributed by atoms with Gasteiger partial charge in [-0.1, -0.05) is 20.8 Å². The highest BCUT2D eigenvalue weighted by molar-refractivity contribution is 6.38. The van der Waals surface area contributed by atoms with Gasteiger partial charge in [-0.05, 0) is 12.1 Å². The van der Waals surface area contributed by atoms with Gasteiger partial charge in [0.25, 0.3) is 0 Å². The molecule has 0 atom stereocenters. The van der Waals surface area contributed by atoms with Gasteiger partial charge in [0.15, 0.2) is 28.9 Å². The Labute approximate surface area is 138 Å². The van der Waals surface area contributed by atoms with E-state index in [1.165, 1.54) is 0 Å². The Morgan fingerprint density at radius 1 is 0.875 bits per heavy atom. The molecule has 24 heavy (non-hydrogen) atoms. The maximum Gasteiger partial charge on any atom is 0.181 e. The molecular formula is C18H16O6. The number of hydrogen-bond acceptors (Lipinski definition) is 6. The molecular weight excluding hydrogens is 312 g/mol. The Bertz CT molecular complexity index is 747. The fraction of sp³-hybridized carbons (Fsp3) is 0.333. The molecule has 6 heteroatoms. The first-order valence-electron chi connectivity index (χ1n) is 7.75. The molecule has 3 rings (SSSR count). The molecule has 0 aromatic heterocycles. The van der Waals surface area contributed by atoms with E-state index in [0.29, 0.717) is 0 Å². The third-order valence-corrected chi connectivity index (χ3v) is 4.12. The van der Waals surface area contributed by atoms with Gasteiger partial charge in [0.1, 0.15) is 18.1 Å². The number of hydrogen-bond donors (Lipinski definition) is 0. The lowest BCUT2D eigenvalue weighted by molar-refractivity contribution is -0.120. The van der Waals surface area contributed by atoms with Crippen LogP contribution in [-0.2, 0) is 9.59 Å². The van der Waals surface area contributed by atoms with E-state index < -0.39 is 40.8 Å². The van der Waals surface area contributed by atoms with Crippen LogP contribution < -0.4 is 0 Å². The molecule has 124 valence electrons. The Balaban J connectivity index is 0.00000100. The Hall–Kier alpha value is -2.76. The second-order valence-electron chi connectivity index (χ2n) is 5.27. The third-order valence-electron chi connectivity index (χ3n) is 4.12. The van der Waals surface area contributed by atoms with Crippen molar-refractivity contribution in [3.05, 3.63) is 34.4 Å². The summed E-state index contributed by atoms with van der Waals surface area (Å²) in [5.74, 6) is -5.93. The van der Waals surface area contributed by atoms with Crippen molar-refractivity contribution in [2.45, 2.75) is 27.2 Å². The molecule has 0 fully saturated rings. The van der Waals surface area contributed by atoms with Crippen LogP contribution in [0.25, 0.3) is 0 Å². The molecule has 0 unspecified atom stereocenters. The lowest BCUT2D eigenvalue weighted by Crippen LogP contribution is -2.24. The van der Waals surface area contributed by atoms with Crippen LogP contribution in [0.15, 0.2) is 12.1 Å². The zero-order valence-corrected chi connectivity index (χ0v) is 13.5. The van der Waals surface area contributed by atoms with E-state index in [4.69, 9.17) is 0 Å². The first-order chi connectivity index (χ1) is 11.4. The van der Waals surface area contributed by atoms with E-state index in [0.717, 1.165) is 12.1 Å². The normalized spacial score (nSPS) is 16.6. The Morgan fingerprint density at radius 3 is 1.58 bits per heavy atom. The second-order valence-corrected chi connectivity index (χ2v) is 5.27. The molecule has 1 aromatic rings. The summed E-state index contributed by atoms with van der Waals surface area (Å²) in [5.41, 5.74) is -0.121. The molecule has 0 radical (unpaired) electrons. The van der Waals surface area contributed by atoms with Crippen molar-refractivity contribution in [1.82, 2.24) is 0 Å². The minimum absolute atomic E-state index is 0.0248. The fourth-order valence-electron chi connectivity index (χ4n) is 2.92. The molecule has 0 saturated carbocycles. The average Bonchev–Trinajstić information content (AvgIpc) is 2.99. The van der Waals surface area contributed by atoms with Crippen LogP contribution in [0.3, 0.4) is 0 Å². The van der Waals surface area contributed by atoms with Gasteiger partial charge >= 0.3 is 0 Å². The van der Waals surface area contributed by atoms with Crippen LogP contribution >= 0.6 is 0 Å². The third kappa shape index (κ3) is 2.26. The van der Waals surface area contributed by atoms with Gasteiger partial charge in [0.05, 0.1) is 0 Å². The molecule has 0 bridgehead atoms. The van der Waals surface area contributed by atoms with E-state index in [1.54, 1.807) is 6.92 Å². The minimum atomic E-state index is -1.41. The molecule has 1 aromatic carbocycles. The number of rotatable bonds is 3. The number of aldehydes is 1. The van der Waals surface area contributed by atoms with E-state index in [2.05, 4.69) is 0 Å². The summed E-state index contributed by atoms with van der Waals surface area (Å²) in [5, 5.41) is 0. The minimum Gasteiger partial charge on any atom is -0.302 e. The predicted molar refractivity (Wildman–Crippen MR) is 83.5 cm³/mol. The van der Waals surface area contributed by atoms with Crippen LogP contribution in [0.1, 0.15) is 68.6 Å². The number of carbonyl (C=O) groups is 6. The van der Waals surface area contributed by atoms with Gasteiger partial charge in [0.2, 0.25) is 0 Å². The topological polar surface area (TPSA) is 102 Å². The van der Waals surface area contributed by atoms with Crippen LogP contribution in [0.2, 0.25) is 0 Å². The highest BCUT2D eigenvalue weighted by Crippen LogP contribution is 2.35.